The van der Waals surface area contributed by atoms with Gasteiger partial charge in [0, 0.05) is 30.6 Å². The summed E-state index contributed by atoms with van der Waals surface area (Å²) in [5.41, 5.74) is 3.33. The molecule has 0 radical (unpaired) electrons. The van der Waals surface area contributed by atoms with E-state index in [1.54, 1.807) is 6.92 Å². The second-order valence-electron chi connectivity index (χ2n) is 5.82. The molecule has 2 aliphatic rings. The van der Waals surface area contributed by atoms with E-state index < -0.39 is 0 Å². The number of carbonyl (C=O) groups excluding carboxylic acids is 1. The smallest absolute Gasteiger partial charge is 0.227 e. The maximum Gasteiger partial charge on any atom is 0.227 e. The molecule has 0 aromatic carbocycles. The first kappa shape index (κ1) is 17.2. The molecule has 5 nitrogen and oxygen atoms in total. The van der Waals surface area contributed by atoms with E-state index in [0.29, 0.717) is 6.54 Å². The van der Waals surface area contributed by atoms with Gasteiger partial charge in [-0.3, -0.25) is 9.69 Å². The van der Waals surface area contributed by atoms with Gasteiger partial charge < -0.3 is 5.32 Å². The van der Waals surface area contributed by atoms with Crippen molar-refractivity contribution < 1.29 is 4.79 Å². The summed E-state index contributed by atoms with van der Waals surface area (Å²) < 4.78 is 0. The molecule has 23 heavy (non-hydrogen) atoms. The summed E-state index contributed by atoms with van der Waals surface area (Å²) >= 11 is 0. The lowest BCUT2D eigenvalue weighted by atomic mass is 10.0. The molecule has 0 fully saturated rings. The number of nitroso groups, excluding NO2 is 1. The Bertz CT molecular complexity index is 559. The highest BCUT2D eigenvalue weighted by Crippen LogP contribution is 2.27. The van der Waals surface area contributed by atoms with Crippen LogP contribution in [0.2, 0.25) is 0 Å². The maximum absolute atomic E-state index is 12.0. The van der Waals surface area contributed by atoms with E-state index >= 15 is 0 Å². The normalized spacial score (nSPS) is 17.0. The summed E-state index contributed by atoms with van der Waals surface area (Å²) in [7, 11) is 0. The van der Waals surface area contributed by atoms with Crippen molar-refractivity contribution in [3.05, 3.63) is 52.4 Å². The van der Waals surface area contributed by atoms with Gasteiger partial charge in [-0.25, -0.2) is 0 Å². The molecule has 2 rings (SSSR count). The van der Waals surface area contributed by atoms with Gasteiger partial charge in [0.15, 0.2) is 0 Å². The summed E-state index contributed by atoms with van der Waals surface area (Å²) in [6, 6.07) is 0. The van der Waals surface area contributed by atoms with Crippen LogP contribution in [0.25, 0.3) is 0 Å². The third kappa shape index (κ3) is 5.20. The minimum Gasteiger partial charge on any atom is -0.388 e. The average Bonchev–Trinajstić information content (AvgIpc) is 2.57. The van der Waals surface area contributed by atoms with Crippen molar-refractivity contribution in [1.29, 1.82) is 0 Å². The van der Waals surface area contributed by atoms with Gasteiger partial charge in [0.2, 0.25) is 5.91 Å². The summed E-state index contributed by atoms with van der Waals surface area (Å²) in [6.07, 6.45) is 15.7. The number of amides is 1. The molecule has 0 atom stereocenters. The standard InChI is InChI=1S/C18H25N3O2/c1-15(22)21(17-7-3-2-4-8-17)18-11-9-16(10-12-18)19-13-5-6-14-20-23/h2-3,7,9,11,19H,4-6,8,10,12-14H2,1H3. The Kier molecular flexibility index (Phi) is 6.78. The molecule has 0 unspecified atom stereocenters. The van der Waals surface area contributed by atoms with E-state index in [1.165, 1.54) is 5.70 Å². The fourth-order valence-electron chi connectivity index (χ4n) is 2.88. The van der Waals surface area contributed by atoms with Crippen molar-refractivity contribution in [3.63, 3.8) is 0 Å². The van der Waals surface area contributed by atoms with Crippen LogP contribution >= 0.6 is 0 Å². The lowest BCUT2D eigenvalue weighted by Crippen LogP contribution is -2.29. The minimum absolute atomic E-state index is 0.0731. The Labute approximate surface area is 137 Å². The van der Waals surface area contributed by atoms with Crippen molar-refractivity contribution in [2.24, 2.45) is 5.18 Å². The van der Waals surface area contributed by atoms with Crippen LogP contribution in [0, 0.1) is 4.91 Å². The predicted molar refractivity (Wildman–Crippen MR) is 92.3 cm³/mol. The lowest BCUT2D eigenvalue weighted by molar-refractivity contribution is -0.125. The third-order valence-electron chi connectivity index (χ3n) is 4.04. The van der Waals surface area contributed by atoms with E-state index in [9.17, 15) is 9.70 Å². The van der Waals surface area contributed by atoms with E-state index in [-0.39, 0.29) is 5.91 Å². The number of nitrogens with one attached hydrogen (secondary N) is 1. The molecular weight excluding hydrogens is 290 g/mol. The van der Waals surface area contributed by atoms with Crippen LogP contribution < -0.4 is 5.32 Å². The quantitative estimate of drug-likeness (QED) is 0.548. The van der Waals surface area contributed by atoms with Gasteiger partial charge in [-0.1, -0.05) is 17.3 Å². The number of hydrogen-bond acceptors (Lipinski definition) is 4. The molecule has 0 saturated heterocycles. The number of allylic oxidation sites excluding steroid dienone is 8. The largest absolute Gasteiger partial charge is 0.388 e. The first-order chi connectivity index (χ1) is 11.2. The zero-order valence-corrected chi connectivity index (χ0v) is 13.8. The molecule has 0 aromatic rings. The van der Waals surface area contributed by atoms with Crippen molar-refractivity contribution in [1.82, 2.24) is 10.2 Å². The van der Waals surface area contributed by atoms with Gasteiger partial charge in [0.05, 0.1) is 6.54 Å². The highest BCUT2D eigenvalue weighted by molar-refractivity contribution is 5.77. The van der Waals surface area contributed by atoms with Crippen molar-refractivity contribution >= 4 is 5.91 Å². The van der Waals surface area contributed by atoms with Crippen molar-refractivity contribution in [2.75, 3.05) is 13.1 Å². The average molecular weight is 315 g/mol. The van der Waals surface area contributed by atoms with Gasteiger partial charge in [0.1, 0.15) is 0 Å². The molecule has 0 spiro atoms. The number of unbranched alkanes of at least 4 members (excludes halogenated alkanes) is 1. The number of hydrogen-bond donors (Lipinski definition) is 1. The molecule has 0 heterocycles. The fraction of sp³-hybridized carbons (Fsp3) is 0.500. The fourth-order valence-corrected chi connectivity index (χ4v) is 2.88. The Morgan fingerprint density at radius 1 is 1.17 bits per heavy atom. The van der Waals surface area contributed by atoms with E-state index in [2.05, 4.69) is 22.6 Å². The van der Waals surface area contributed by atoms with Crippen LogP contribution in [-0.2, 0) is 4.79 Å². The second kappa shape index (κ2) is 9.08. The molecule has 0 saturated carbocycles. The topological polar surface area (TPSA) is 61.8 Å². The van der Waals surface area contributed by atoms with Crippen LogP contribution in [0.3, 0.4) is 0 Å². The molecule has 5 heteroatoms. The minimum atomic E-state index is 0.0731. The summed E-state index contributed by atoms with van der Waals surface area (Å²) in [6.45, 7) is 2.87. The highest BCUT2D eigenvalue weighted by Gasteiger charge is 2.20. The summed E-state index contributed by atoms with van der Waals surface area (Å²) in [4.78, 5) is 23.9. The third-order valence-corrected chi connectivity index (χ3v) is 4.04. The molecular formula is C18H25N3O2. The molecule has 0 bridgehead atoms. The van der Waals surface area contributed by atoms with Crippen LogP contribution in [0.5, 0.6) is 0 Å². The van der Waals surface area contributed by atoms with Crippen LogP contribution in [0.15, 0.2) is 52.6 Å². The van der Waals surface area contributed by atoms with Gasteiger partial charge in [-0.15, -0.1) is 0 Å². The van der Waals surface area contributed by atoms with E-state index in [0.717, 1.165) is 56.5 Å². The maximum atomic E-state index is 12.0. The zero-order valence-electron chi connectivity index (χ0n) is 13.8. The van der Waals surface area contributed by atoms with E-state index in [1.807, 2.05) is 23.1 Å². The second-order valence-corrected chi connectivity index (χ2v) is 5.82. The van der Waals surface area contributed by atoms with Gasteiger partial charge in [0.25, 0.3) is 0 Å². The van der Waals surface area contributed by atoms with E-state index in [4.69, 9.17) is 0 Å². The summed E-state index contributed by atoms with van der Waals surface area (Å²) in [5.74, 6) is 0.0731. The molecule has 2 aliphatic carbocycles. The lowest BCUT2D eigenvalue weighted by Gasteiger charge is -2.29. The number of nitrogens with zero attached hydrogens (tertiary/aromatic N) is 2. The monoisotopic (exact) mass is 315 g/mol. The first-order valence-electron chi connectivity index (χ1n) is 8.31. The van der Waals surface area contributed by atoms with Crippen LogP contribution in [0.1, 0.15) is 45.4 Å². The van der Waals surface area contributed by atoms with Crippen molar-refractivity contribution in [3.8, 4) is 0 Å². The molecule has 1 amide bonds. The van der Waals surface area contributed by atoms with Crippen molar-refractivity contribution in [2.45, 2.75) is 45.4 Å². The van der Waals surface area contributed by atoms with Crippen LogP contribution in [-0.4, -0.2) is 23.9 Å². The Morgan fingerprint density at radius 3 is 2.61 bits per heavy atom. The molecule has 1 N–H and O–H groups in total. The molecule has 0 aromatic heterocycles. The predicted octanol–water partition coefficient (Wildman–Crippen LogP) is 3.77. The molecule has 0 aliphatic heterocycles. The highest BCUT2D eigenvalue weighted by atomic mass is 16.3. The Hall–Kier alpha value is -2.17. The first-order valence-corrected chi connectivity index (χ1v) is 8.31. The zero-order chi connectivity index (χ0) is 16.5. The number of rotatable bonds is 8. The van der Waals surface area contributed by atoms with Gasteiger partial charge >= 0.3 is 0 Å². The van der Waals surface area contributed by atoms with Gasteiger partial charge in [-0.2, -0.15) is 4.91 Å². The van der Waals surface area contributed by atoms with Crippen LogP contribution in [0.4, 0.5) is 0 Å². The summed E-state index contributed by atoms with van der Waals surface area (Å²) in [5, 5.41) is 6.25. The number of carbonyl (C=O) groups is 1. The van der Waals surface area contributed by atoms with Gasteiger partial charge in [-0.05, 0) is 56.8 Å². The Balaban J connectivity index is 1.94. The SMILES string of the molecule is CC(=O)N(C1=CC=CCC1)C1=CC=C(NCCCCN=O)CC1. The molecule has 124 valence electrons. The Morgan fingerprint density at radius 2 is 2.00 bits per heavy atom.